The number of hydrogen-bond donors (Lipinski definition) is 1. The molecule has 3 rings (SSSR count). The number of hydrogen-bond acceptors (Lipinski definition) is 6. The normalized spacial score (nSPS) is 16.3. The Morgan fingerprint density at radius 3 is 2.22 bits per heavy atom. The molecule has 0 amide bonds. The zero-order chi connectivity index (χ0) is 23.5. The van der Waals surface area contributed by atoms with E-state index in [0.29, 0.717) is 37.4 Å². The average Bonchev–Trinajstić information content (AvgIpc) is 2.73. The first-order valence-electron chi connectivity index (χ1n) is 10.4. The third-order valence-corrected chi connectivity index (χ3v) is 8.33. The Balaban J connectivity index is 1.74. The summed E-state index contributed by atoms with van der Waals surface area (Å²) in [6.45, 7) is 4.93. The van der Waals surface area contributed by atoms with Crippen LogP contribution in [0.2, 0.25) is 0 Å². The second kappa shape index (κ2) is 9.72. The number of rotatable bonds is 8. The Bertz CT molecular complexity index is 1110. The van der Waals surface area contributed by atoms with E-state index in [-0.39, 0.29) is 23.4 Å². The molecule has 32 heavy (non-hydrogen) atoms. The van der Waals surface area contributed by atoms with Gasteiger partial charge in [0.25, 0.3) is 10.0 Å². The lowest BCUT2D eigenvalue weighted by molar-refractivity contribution is 0.331. The molecule has 0 aliphatic carbocycles. The van der Waals surface area contributed by atoms with Gasteiger partial charge in [-0.05, 0) is 55.2 Å². The van der Waals surface area contributed by atoms with Crippen LogP contribution < -0.4 is 9.62 Å². The zero-order valence-electron chi connectivity index (χ0n) is 18.4. The highest BCUT2D eigenvalue weighted by Crippen LogP contribution is 2.26. The Morgan fingerprint density at radius 1 is 1.09 bits per heavy atom. The maximum Gasteiger partial charge on any atom is 0.265 e. The van der Waals surface area contributed by atoms with Crippen LogP contribution in [0.15, 0.2) is 47.5 Å². The van der Waals surface area contributed by atoms with E-state index < -0.39 is 25.9 Å². The number of sulfonamides is 2. The number of benzene rings is 1. The number of anilines is 2. The highest BCUT2D eigenvalue weighted by atomic mass is 32.2. The lowest BCUT2D eigenvalue weighted by atomic mass is 10.1. The summed E-state index contributed by atoms with van der Waals surface area (Å²) in [6.07, 6.45) is 3.79. The minimum Gasteiger partial charge on any atom is -0.367 e. The number of pyridine rings is 1. The number of aromatic nitrogens is 1. The molecule has 0 bridgehead atoms. The molecule has 176 valence electrons. The van der Waals surface area contributed by atoms with Gasteiger partial charge in [0, 0.05) is 31.9 Å². The smallest absolute Gasteiger partial charge is 0.265 e. The van der Waals surface area contributed by atoms with E-state index in [2.05, 4.69) is 10.3 Å². The van der Waals surface area contributed by atoms with Crippen LogP contribution in [0, 0.1) is 11.7 Å². The molecule has 0 spiro atoms. The van der Waals surface area contributed by atoms with E-state index in [0.717, 1.165) is 0 Å². The van der Waals surface area contributed by atoms with Gasteiger partial charge in [0.15, 0.2) is 0 Å². The minimum atomic E-state index is -3.89. The first-order valence-corrected chi connectivity index (χ1v) is 13.7. The molecular formula is C21H29FN4O4S2. The molecule has 1 aromatic heterocycles. The standard InChI is InChI=1S/C21H29FN4O4S2/c1-16(2)15-26(19-6-4-17(22)5-7-19)32(29,30)20-8-9-21(23-14-20)24-18-10-12-25(13-11-18)31(3,27)28/h4-9,14,16,18H,10-13,15H2,1-3H3,(H,23,24). The Morgan fingerprint density at radius 2 is 1.72 bits per heavy atom. The molecule has 0 unspecified atom stereocenters. The molecule has 1 saturated heterocycles. The van der Waals surface area contributed by atoms with Crippen molar-refractivity contribution >= 4 is 31.6 Å². The first-order chi connectivity index (χ1) is 15.0. The fourth-order valence-corrected chi connectivity index (χ4v) is 6.02. The summed E-state index contributed by atoms with van der Waals surface area (Å²) in [5, 5.41) is 3.25. The van der Waals surface area contributed by atoms with Crippen LogP contribution in [0.5, 0.6) is 0 Å². The van der Waals surface area contributed by atoms with E-state index in [4.69, 9.17) is 0 Å². The molecule has 2 heterocycles. The molecule has 1 fully saturated rings. The number of halogens is 1. The highest BCUT2D eigenvalue weighted by Gasteiger charge is 2.27. The Labute approximate surface area is 189 Å². The van der Waals surface area contributed by atoms with Crippen molar-refractivity contribution in [2.24, 2.45) is 5.92 Å². The van der Waals surface area contributed by atoms with Crippen LogP contribution in [-0.4, -0.2) is 58.1 Å². The summed E-state index contributed by atoms with van der Waals surface area (Å²) >= 11 is 0. The Hall–Kier alpha value is -2.24. The predicted octanol–water partition coefficient (Wildman–Crippen LogP) is 2.91. The second-order valence-corrected chi connectivity index (χ2v) is 12.2. The van der Waals surface area contributed by atoms with Gasteiger partial charge in [0.05, 0.1) is 11.9 Å². The molecule has 1 aliphatic rings. The molecular weight excluding hydrogens is 455 g/mol. The van der Waals surface area contributed by atoms with Gasteiger partial charge in [0.2, 0.25) is 10.0 Å². The van der Waals surface area contributed by atoms with Crippen LogP contribution in [0.25, 0.3) is 0 Å². The molecule has 2 aromatic rings. The minimum absolute atomic E-state index is 0.0416. The maximum atomic E-state index is 13.3. The van der Waals surface area contributed by atoms with Gasteiger partial charge in [-0.3, -0.25) is 4.31 Å². The van der Waals surface area contributed by atoms with Gasteiger partial charge in [-0.25, -0.2) is 30.5 Å². The van der Waals surface area contributed by atoms with Crippen molar-refractivity contribution in [3.8, 4) is 0 Å². The summed E-state index contributed by atoms with van der Waals surface area (Å²) in [4.78, 5) is 4.31. The quantitative estimate of drug-likeness (QED) is 0.619. The van der Waals surface area contributed by atoms with Crippen LogP contribution >= 0.6 is 0 Å². The molecule has 0 atom stereocenters. The lowest BCUT2D eigenvalue weighted by Gasteiger charge is -2.31. The fourth-order valence-electron chi connectivity index (χ4n) is 3.57. The van der Waals surface area contributed by atoms with Crippen LogP contribution in [-0.2, 0) is 20.0 Å². The fraction of sp³-hybridized carbons (Fsp3) is 0.476. The maximum absolute atomic E-state index is 13.3. The molecule has 0 saturated carbocycles. The van der Waals surface area contributed by atoms with Crippen molar-refractivity contribution in [1.29, 1.82) is 0 Å². The summed E-state index contributed by atoms with van der Waals surface area (Å²) in [7, 11) is -7.08. The van der Waals surface area contributed by atoms with Gasteiger partial charge < -0.3 is 5.32 Å². The summed E-state index contributed by atoms with van der Waals surface area (Å²) in [6, 6.07) is 8.51. The molecule has 1 N–H and O–H groups in total. The second-order valence-electron chi connectivity index (χ2n) is 8.37. The molecule has 8 nitrogen and oxygen atoms in total. The van der Waals surface area contributed by atoms with Crippen LogP contribution in [0.4, 0.5) is 15.9 Å². The van der Waals surface area contributed by atoms with Crippen LogP contribution in [0.1, 0.15) is 26.7 Å². The third-order valence-electron chi connectivity index (χ3n) is 5.24. The number of piperidine rings is 1. The topological polar surface area (TPSA) is 99.7 Å². The molecule has 1 aromatic carbocycles. The summed E-state index contributed by atoms with van der Waals surface area (Å²) in [5.41, 5.74) is 0.389. The van der Waals surface area contributed by atoms with E-state index in [1.807, 2.05) is 13.8 Å². The van der Waals surface area contributed by atoms with Crippen molar-refractivity contribution in [3.05, 3.63) is 48.4 Å². The summed E-state index contributed by atoms with van der Waals surface area (Å²) < 4.78 is 65.9. The van der Waals surface area contributed by atoms with Crippen molar-refractivity contribution in [3.63, 3.8) is 0 Å². The first kappa shape index (κ1) is 24.4. The van der Waals surface area contributed by atoms with Crippen molar-refractivity contribution in [1.82, 2.24) is 9.29 Å². The van der Waals surface area contributed by atoms with Crippen molar-refractivity contribution in [2.45, 2.75) is 37.6 Å². The van der Waals surface area contributed by atoms with Gasteiger partial charge in [-0.2, -0.15) is 0 Å². The van der Waals surface area contributed by atoms with Gasteiger partial charge in [0.1, 0.15) is 16.5 Å². The molecule has 11 heteroatoms. The number of nitrogens with one attached hydrogen (secondary N) is 1. The van der Waals surface area contributed by atoms with E-state index in [9.17, 15) is 21.2 Å². The van der Waals surface area contributed by atoms with E-state index in [1.165, 1.54) is 51.4 Å². The lowest BCUT2D eigenvalue weighted by Crippen LogP contribution is -2.41. The predicted molar refractivity (Wildman–Crippen MR) is 123 cm³/mol. The van der Waals surface area contributed by atoms with Gasteiger partial charge >= 0.3 is 0 Å². The van der Waals surface area contributed by atoms with E-state index >= 15 is 0 Å². The van der Waals surface area contributed by atoms with E-state index in [1.54, 1.807) is 6.07 Å². The largest absolute Gasteiger partial charge is 0.367 e. The average molecular weight is 485 g/mol. The van der Waals surface area contributed by atoms with Crippen molar-refractivity contribution in [2.75, 3.05) is 35.5 Å². The molecule has 0 radical (unpaired) electrons. The zero-order valence-corrected chi connectivity index (χ0v) is 20.0. The SMILES string of the molecule is CC(C)CN(c1ccc(F)cc1)S(=O)(=O)c1ccc(NC2CCN(S(C)(=O)=O)CC2)nc1. The number of nitrogens with zero attached hydrogens (tertiary/aromatic N) is 3. The van der Waals surface area contributed by atoms with Crippen LogP contribution in [0.3, 0.4) is 0 Å². The Kier molecular flexibility index (Phi) is 7.41. The summed E-state index contributed by atoms with van der Waals surface area (Å²) in [5.74, 6) is 0.149. The van der Waals surface area contributed by atoms with Gasteiger partial charge in [-0.1, -0.05) is 13.8 Å². The third kappa shape index (κ3) is 5.96. The molecule has 1 aliphatic heterocycles. The highest BCUT2D eigenvalue weighted by molar-refractivity contribution is 7.92. The van der Waals surface area contributed by atoms with Gasteiger partial charge in [-0.15, -0.1) is 0 Å². The van der Waals surface area contributed by atoms with Crippen molar-refractivity contribution < 1.29 is 21.2 Å². The monoisotopic (exact) mass is 484 g/mol.